The summed E-state index contributed by atoms with van der Waals surface area (Å²) < 4.78 is 18.7. The molecule has 1 aliphatic rings. The molecule has 0 aromatic heterocycles. The number of anilines is 1. The van der Waals surface area contributed by atoms with Crippen LogP contribution in [0.25, 0.3) is 0 Å². The molecule has 3 nitrogen and oxygen atoms in total. The number of halogens is 1. The van der Waals surface area contributed by atoms with Gasteiger partial charge < -0.3 is 10.1 Å². The van der Waals surface area contributed by atoms with Gasteiger partial charge in [0.2, 0.25) is 0 Å². The Morgan fingerprint density at radius 1 is 1.33 bits per heavy atom. The molecule has 0 saturated carbocycles. The van der Waals surface area contributed by atoms with E-state index in [9.17, 15) is 4.39 Å². The minimum atomic E-state index is -0.200. The summed E-state index contributed by atoms with van der Waals surface area (Å²) in [6.07, 6.45) is 0.589. The predicted molar refractivity (Wildman–Crippen MR) is 71.3 cm³/mol. The Bertz CT molecular complexity index is 376. The van der Waals surface area contributed by atoms with E-state index >= 15 is 0 Å². The van der Waals surface area contributed by atoms with Crippen molar-refractivity contribution in [2.75, 3.05) is 31.5 Å². The maximum absolute atomic E-state index is 13.0. The van der Waals surface area contributed by atoms with E-state index in [-0.39, 0.29) is 5.82 Å². The first-order chi connectivity index (χ1) is 8.63. The Morgan fingerprint density at radius 3 is 2.72 bits per heavy atom. The summed E-state index contributed by atoms with van der Waals surface area (Å²) in [5.41, 5.74) is 0.837. The highest BCUT2D eigenvalue weighted by atomic mass is 19.1. The average Bonchev–Trinajstić information content (AvgIpc) is 2.27. The Labute approximate surface area is 108 Å². The molecule has 100 valence electrons. The Balaban J connectivity index is 1.75. The molecule has 1 aromatic rings. The van der Waals surface area contributed by atoms with Crippen molar-refractivity contribution in [3.8, 4) is 0 Å². The lowest BCUT2D eigenvalue weighted by molar-refractivity contribution is -0.0667. The largest absolute Gasteiger partial charge is 0.384 e. The number of rotatable bonds is 4. The van der Waals surface area contributed by atoms with Gasteiger partial charge in [-0.3, -0.25) is 4.90 Å². The third-order valence-electron chi connectivity index (χ3n) is 3.08. The quantitative estimate of drug-likeness (QED) is 0.890. The highest BCUT2D eigenvalue weighted by Crippen LogP contribution is 2.11. The number of nitrogens with one attached hydrogen (secondary N) is 1. The van der Waals surface area contributed by atoms with Crippen LogP contribution in [-0.4, -0.2) is 43.3 Å². The second-order valence-corrected chi connectivity index (χ2v) is 4.95. The fourth-order valence-electron chi connectivity index (χ4n) is 2.42. The monoisotopic (exact) mass is 252 g/mol. The average molecular weight is 252 g/mol. The molecule has 0 spiro atoms. The van der Waals surface area contributed by atoms with E-state index in [0.29, 0.717) is 12.2 Å². The van der Waals surface area contributed by atoms with Gasteiger partial charge in [-0.2, -0.15) is 0 Å². The molecular weight excluding hydrogens is 231 g/mol. The molecule has 1 fully saturated rings. The first kappa shape index (κ1) is 13.3. The summed E-state index contributed by atoms with van der Waals surface area (Å²) in [5, 5.41) is 3.24. The zero-order chi connectivity index (χ0) is 13.0. The van der Waals surface area contributed by atoms with Gasteiger partial charge in [-0.1, -0.05) is 6.07 Å². The van der Waals surface area contributed by atoms with Crippen LogP contribution in [0.5, 0.6) is 0 Å². The van der Waals surface area contributed by atoms with Crippen LogP contribution in [0.2, 0.25) is 0 Å². The van der Waals surface area contributed by atoms with Crippen LogP contribution >= 0.6 is 0 Å². The third-order valence-corrected chi connectivity index (χ3v) is 3.08. The van der Waals surface area contributed by atoms with Crippen molar-refractivity contribution in [2.24, 2.45) is 0 Å². The van der Waals surface area contributed by atoms with Crippen molar-refractivity contribution in [2.45, 2.75) is 26.1 Å². The number of hydrogen-bond acceptors (Lipinski definition) is 3. The van der Waals surface area contributed by atoms with Gasteiger partial charge in [0.1, 0.15) is 5.82 Å². The van der Waals surface area contributed by atoms with Crippen molar-refractivity contribution in [1.82, 2.24) is 4.90 Å². The van der Waals surface area contributed by atoms with Crippen LogP contribution in [0.3, 0.4) is 0 Å². The molecule has 0 radical (unpaired) electrons. The van der Waals surface area contributed by atoms with Gasteiger partial charge >= 0.3 is 0 Å². The van der Waals surface area contributed by atoms with Gasteiger partial charge in [0, 0.05) is 31.9 Å². The summed E-state index contributed by atoms with van der Waals surface area (Å²) in [6.45, 7) is 7.91. The summed E-state index contributed by atoms with van der Waals surface area (Å²) in [5.74, 6) is -0.200. The standard InChI is InChI=1S/C14H21FN2O/c1-11-9-17(10-12(2)18-11)7-6-16-14-5-3-4-13(15)8-14/h3-5,8,11-12,16H,6-7,9-10H2,1-2H3/t11-,12+. The van der Waals surface area contributed by atoms with E-state index in [0.717, 1.165) is 31.9 Å². The first-order valence-corrected chi connectivity index (χ1v) is 6.51. The lowest BCUT2D eigenvalue weighted by Crippen LogP contribution is -2.46. The Hall–Kier alpha value is -1.13. The Kier molecular flexibility index (Phi) is 4.55. The van der Waals surface area contributed by atoms with E-state index < -0.39 is 0 Å². The highest BCUT2D eigenvalue weighted by Gasteiger charge is 2.21. The van der Waals surface area contributed by atoms with Gasteiger partial charge in [-0.15, -0.1) is 0 Å². The Morgan fingerprint density at radius 2 is 2.06 bits per heavy atom. The van der Waals surface area contributed by atoms with Gasteiger partial charge in [-0.25, -0.2) is 4.39 Å². The molecule has 2 atom stereocenters. The molecule has 0 unspecified atom stereocenters. The topological polar surface area (TPSA) is 24.5 Å². The number of ether oxygens (including phenoxy) is 1. The number of morpholine rings is 1. The predicted octanol–water partition coefficient (Wildman–Crippen LogP) is 2.35. The molecule has 0 bridgehead atoms. The number of benzene rings is 1. The zero-order valence-electron chi connectivity index (χ0n) is 11.0. The van der Waals surface area contributed by atoms with Gasteiger partial charge in [0.15, 0.2) is 0 Å². The fraction of sp³-hybridized carbons (Fsp3) is 0.571. The second-order valence-electron chi connectivity index (χ2n) is 4.95. The van der Waals surface area contributed by atoms with Gasteiger partial charge in [-0.05, 0) is 32.0 Å². The minimum Gasteiger partial charge on any atom is -0.384 e. The maximum Gasteiger partial charge on any atom is 0.125 e. The summed E-state index contributed by atoms with van der Waals surface area (Å²) in [7, 11) is 0. The summed E-state index contributed by atoms with van der Waals surface area (Å²) in [4.78, 5) is 2.38. The van der Waals surface area contributed by atoms with Crippen LogP contribution in [0.4, 0.5) is 10.1 Å². The number of hydrogen-bond donors (Lipinski definition) is 1. The SMILES string of the molecule is C[C@@H]1CN(CCNc2cccc(F)c2)C[C@H](C)O1. The molecule has 4 heteroatoms. The molecule has 1 heterocycles. The number of nitrogens with zero attached hydrogens (tertiary/aromatic N) is 1. The van der Waals surface area contributed by atoms with Crippen LogP contribution < -0.4 is 5.32 Å². The van der Waals surface area contributed by atoms with E-state index in [1.54, 1.807) is 6.07 Å². The minimum absolute atomic E-state index is 0.200. The molecule has 1 saturated heterocycles. The van der Waals surface area contributed by atoms with E-state index in [4.69, 9.17) is 4.74 Å². The van der Waals surface area contributed by atoms with Crippen LogP contribution in [0.15, 0.2) is 24.3 Å². The first-order valence-electron chi connectivity index (χ1n) is 6.51. The maximum atomic E-state index is 13.0. The smallest absolute Gasteiger partial charge is 0.125 e. The van der Waals surface area contributed by atoms with Crippen LogP contribution in [0, 0.1) is 5.82 Å². The highest BCUT2D eigenvalue weighted by molar-refractivity contribution is 5.42. The van der Waals surface area contributed by atoms with Crippen LogP contribution in [-0.2, 0) is 4.74 Å². The third kappa shape index (κ3) is 3.96. The van der Waals surface area contributed by atoms with Crippen molar-refractivity contribution >= 4 is 5.69 Å². The molecule has 1 N–H and O–H groups in total. The fourth-order valence-corrected chi connectivity index (χ4v) is 2.42. The van der Waals surface area contributed by atoms with E-state index in [2.05, 4.69) is 24.1 Å². The van der Waals surface area contributed by atoms with E-state index in [1.807, 2.05) is 6.07 Å². The molecular formula is C14H21FN2O. The van der Waals surface area contributed by atoms with Gasteiger partial charge in [0.25, 0.3) is 0 Å². The molecule has 2 rings (SSSR count). The second kappa shape index (κ2) is 6.16. The zero-order valence-corrected chi connectivity index (χ0v) is 11.0. The van der Waals surface area contributed by atoms with Crippen LogP contribution in [0.1, 0.15) is 13.8 Å². The normalized spacial score (nSPS) is 25.1. The molecule has 0 aliphatic carbocycles. The van der Waals surface area contributed by atoms with Gasteiger partial charge in [0.05, 0.1) is 12.2 Å². The van der Waals surface area contributed by atoms with Crippen molar-refractivity contribution in [3.05, 3.63) is 30.1 Å². The summed E-state index contributed by atoms with van der Waals surface area (Å²) in [6, 6.07) is 6.57. The van der Waals surface area contributed by atoms with Crippen molar-refractivity contribution in [3.63, 3.8) is 0 Å². The summed E-state index contributed by atoms with van der Waals surface area (Å²) >= 11 is 0. The lowest BCUT2D eigenvalue weighted by Gasteiger charge is -2.35. The molecule has 0 amide bonds. The van der Waals surface area contributed by atoms with Crippen molar-refractivity contribution in [1.29, 1.82) is 0 Å². The van der Waals surface area contributed by atoms with E-state index in [1.165, 1.54) is 12.1 Å². The molecule has 18 heavy (non-hydrogen) atoms. The molecule has 1 aliphatic heterocycles. The van der Waals surface area contributed by atoms with Crippen molar-refractivity contribution < 1.29 is 9.13 Å². The lowest BCUT2D eigenvalue weighted by atomic mass is 10.2. The molecule has 1 aromatic carbocycles.